The second-order valence-corrected chi connectivity index (χ2v) is 6.97. The first kappa shape index (κ1) is 13.7. The van der Waals surface area contributed by atoms with E-state index in [2.05, 4.69) is 25.1 Å². The second-order valence-electron chi connectivity index (χ2n) is 5.26. The van der Waals surface area contributed by atoms with Crippen molar-refractivity contribution in [3.8, 4) is 0 Å². The Morgan fingerprint density at radius 1 is 1.44 bits per heavy atom. The van der Waals surface area contributed by atoms with Gasteiger partial charge in [-0.2, -0.15) is 0 Å². The monoisotopic (exact) mass is 247 g/mol. The lowest BCUT2D eigenvalue weighted by Crippen LogP contribution is -2.42. The van der Waals surface area contributed by atoms with Crippen molar-refractivity contribution >= 4 is 10.0 Å². The van der Waals surface area contributed by atoms with Gasteiger partial charge >= 0.3 is 0 Å². The fourth-order valence-corrected chi connectivity index (χ4v) is 2.89. The average molecular weight is 247 g/mol. The molecule has 0 heterocycles. The maximum absolute atomic E-state index is 11.3. The summed E-state index contributed by atoms with van der Waals surface area (Å²) >= 11 is 0. The highest BCUT2D eigenvalue weighted by Gasteiger charge is 2.43. The number of rotatable bonds is 5. The van der Waals surface area contributed by atoms with Crippen LogP contribution >= 0.6 is 0 Å². The minimum atomic E-state index is -3.36. The number of methoxy groups -OCH3 is 1. The third-order valence-corrected chi connectivity index (χ3v) is 4.29. The molecule has 1 fully saturated rings. The Hall–Kier alpha value is -0.390. The van der Waals surface area contributed by atoms with E-state index in [9.17, 15) is 8.42 Å². The molecule has 0 aromatic heterocycles. The van der Waals surface area contributed by atoms with Crippen LogP contribution < -0.4 is 4.72 Å². The van der Waals surface area contributed by atoms with Crippen molar-refractivity contribution in [2.45, 2.75) is 38.7 Å². The molecule has 0 aromatic carbocycles. The van der Waals surface area contributed by atoms with Crippen molar-refractivity contribution in [3.05, 3.63) is 12.0 Å². The van der Waals surface area contributed by atoms with Gasteiger partial charge < -0.3 is 4.74 Å². The van der Waals surface area contributed by atoms with Crippen LogP contribution in [0.2, 0.25) is 0 Å². The van der Waals surface area contributed by atoms with E-state index in [4.69, 9.17) is 4.74 Å². The van der Waals surface area contributed by atoms with Crippen molar-refractivity contribution in [2.75, 3.05) is 13.7 Å². The summed E-state index contributed by atoms with van der Waals surface area (Å²) in [5.41, 5.74) is -0.144. The number of hydrogen-bond acceptors (Lipinski definition) is 3. The molecule has 5 heteroatoms. The molecule has 1 saturated carbocycles. The Kier molecular flexibility index (Phi) is 3.82. The molecule has 0 aromatic rings. The van der Waals surface area contributed by atoms with Gasteiger partial charge in [-0.25, -0.2) is 13.1 Å². The first-order valence-corrected chi connectivity index (χ1v) is 6.96. The molecule has 1 aliphatic carbocycles. The van der Waals surface area contributed by atoms with Gasteiger partial charge in [-0.1, -0.05) is 20.4 Å². The summed E-state index contributed by atoms with van der Waals surface area (Å²) in [6.07, 6.45) is 2.81. The molecule has 0 bridgehead atoms. The van der Waals surface area contributed by atoms with Gasteiger partial charge in [-0.15, -0.1) is 0 Å². The van der Waals surface area contributed by atoms with Crippen LogP contribution in [-0.2, 0) is 14.8 Å². The highest BCUT2D eigenvalue weighted by Crippen LogP contribution is 2.45. The van der Waals surface area contributed by atoms with Crippen LogP contribution in [-0.4, -0.2) is 27.7 Å². The van der Waals surface area contributed by atoms with Gasteiger partial charge in [0.25, 0.3) is 0 Å². The van der Waals surface area contributed by atoms with E-state index in [1.54, 1.807) is 7.11 Å². The second kappa shape index (κ2) is 4.47. The van der Waals surface area contributed by atoms with Crippen LogP contribution in [0.3, 0.4) is 0 Å². The molecule has 0 aliphatic heterocycles. The van der Waals surface area contributed by atoms with E-state index >= 15 is 0 Å². The summed E-state index contributed by atoms with van der Waals surface area (Å²) in [7, 11) is -1.72. The van der Waals surface area contributed by atoms with E-state index < -0.39 is 10.0 Å². The standard InChI is InChI=1S/C11H21NO3S/c1-5-16(13,14)12-9-11(15-4)7-6-10(2,3)8-11/h5,12H,1,6-9H2,2-4H3. The zero-order valence-corrected chi connectivity index (χ0v) is 11.1. The number of hydrogen-bond donors (Lipinski definition) is 1. The Bertz CT molecular complexity index is 361. The molecule has 0 spiro atoms. The minimum Gasteiger partial charge on any atom is -0.377 e. The van der Waals surface area contributed by atoms with E-state index in [1.165, 1.54) is 0 Å². The Balaban J connectivity index is 2.67. The first-order valence-electron chi connectivity index (χ1n) is 5.42. The van der Waals surface area contributed by atoms with Gasteiger partial charge in [0.2, 0.25) is 10.0 Å². The first-order chi connectivity index (χ1) is 7.24. The van der Waals surface area contributed by atoms with E-state index in [-0.39, 0.29) is 11.0 Å². The summed E-state index contributed by atoms with van der Waals surface area (Å²) in [6, 6.07) is 0. The maximum atomic E-state index is 11.3. The number of ether oxygens (including phenoxy) is 1. The van der Waals surface area contributed by atoms with Gasteiger partial charge in [0.15, 0.2) is 0 Å². The van der Waals surface area contributed by atoms with Crippen molar-refractivity contribution in [3.63, 3.8) is 0 Å². The van der Waals surface area contributed by atoms with Gasteiger partial charge in [0, 0.05) is 19.1 Å². The van der Waals surface area contributed by atoms with Crippen molar-refractivity contribution in [2.24, 2.45) is 5.41 Å². The van der Waals surface area contributed by atoms with Crippen molar-refractivity contribution in [1.82, 2.24) is 4.72 Å². The summed E-state index contributed by atoms with van der Waals surface area (Å²) < 4.78 is 30.6. The molecule has 1 unspecified atom stereocenters. The third kappa shape index (κ3) is 3.30. The Labute approximate surface area is 98.1 Å². The molecule has 16 heavy (non-hydrogen) atoms. The van der Waals surface area contributed by atoms with Crippen molar-refractivity contribution < 1.29 is 13.2 Å². The Morgan fingerprint density at radius 3 is 2.44 bits per heavy atom. The van der Waals surface area contributed by atoms with Crippen molar-refractivity contribution in [1.29, 1.82) is 0 Å². The summed E-state index contributed by atoms with van der Waals surface area (Å²) in [5.74, 6) is 0. The molecular weight excluding hydrogens is 226 g/mol. The summed E-state index contributed by atoms with van der Waals surface area (Å²) in [6.45, 7) is 7.94. The van der Waals surface area contributed by atoms with Gasteiger partial charge in [-0.3, -0.25) is 0 Å². The minimum absolute atomic E-state index is 0.218. The van der Waals surface area contributed by atoms with Crippen LogP contribution in [0.25, 0.3) is 0 Å². The van der Waals surface area contributed by atoms with Crippen LogP contribution in [0.4, 0.5) is 0 Å². The lowest BCUT2D eigenvalue weighted by molar-refractivity contribution is -0.00681. The number of nitrogens with one attached hydrogen (secondary N) is 1. The van der Waals surface area contributed by atoms with E-state index in [1.807, 2.05) is 0 Å². The highest BCUT2D eigenvalue weighted by molar-refractivity contribution is 7.92. The molecule has 1 N–H and O–H groups in total. The van der Waals surface area contributed by atoms with Crippen LogP contribution in [0.5, 0.6) is 0 Å². The zero-order chi connectivity index (χ0) is 12.4. The molecule has 4 nitrogen and oxygen atoms in total. The van der Waals surface area contributed by atoms with E-state index in [0.29, 0.717) is 6.54 Å². The molecule has 0 amide bonds. The van der Waals surface area contributed by atoms with E-state index in [0.717, 1.165) is 24.7 Å². The van der Waals surface area contributed by atoms with Gasteiger partial charge in [0.1, 0.15) is 0 Å². The molecular formula is C11H21NO3S. The topological polar surface area (TPSA) is 55.4 Å². The third-order valence-electron chi connectivity index (χ3n) is 3.31. The smallest absolute Gasteiger partial charge is 0.233 e. The van der Waals surface area contributed by atoms with Crippen LogP contribution in [0.15, 0.2) is 12.0 Å². The largest absolute Gasteiger partial charge is 0.377 e. The zero-order valence-electron chi connectivity index (χ0n) is 10.2. The van der Waals surface area contributed by atoms with Gasteiger partial charge in [-0.05, 0) is 24.7 Å². The molecule has 94 valence electrons. The molecule has 0 radical (unpaired) electrons. The highest BCUT2D eigenvalue weighted by atomic mass is 32.2. The summed E-state index contributed by atoms with van der Waals surface area (Å²) in [5, 5.41) is 0.927. The molecule has 1 rings (SSSR count). The SMILES string of the molecule is C=CS(=O)(=O)NCC1(OC)CCC(C)(C)C1. The summed E-state index contributed by atoms with van der Waals surface area (Å²) in [4.78, 5) is 0. The lowest BCUT2D eigenvalue weighted by Gasteiger charge is -2.29. The molecule has 1 atom stereocenters. The average Bonchev–Trinajstić information content (AvgIpc) is 2.53. The lowest BCUT2D eigenvalue weighted by atomic mass is 9.89. The molecule has 0 saturated heterocycles. The quantitative estimate of drug-likeness (QED) is 0.803. The fraction of sp³-hybridized carbons (Fsp3) is 0.818. The van der Waals surface area contributed by atoms with Crippen LogP contribution in [0.1, 0.15) is 33.1 Å². The maximum Gasteiger partial charge on any atom is 0.233 e. The fourth-order valence-electron chi connectivity index (χ4n) is 2.30. The predicted octanol–water partition coefficient (Wildman–Crippen LogP) is 1.64. The number of sulfonamides is 1. The molecule has 1 aliphatic rings. The normalized spacial score (nSPS) is 29.2. The Morgan fingerprint density at radius 2 is 2.06 bits per heavy atom. The predicted molar refractivity (Wildman–Crippen MR) is 64.5 cm³/mol. The van der Waals surface area contributed by atoms with Crippen LogP contribution in [0, 0.1) is 5.41 Å². The van der Waals surface area contributed by atoms with Gasteiger partial charge in [0.05, 0.1) is 5.60 Å².